The molecule has 0 bridgehead atoms. The van der Waals surface area contributed by atoms with Crippen molar-refractivity contribution in [3.8, 4) is 0 Å². The molecule has 0 spiro atoms. The Balaban J connectivity index is 1.68. The lowest BCUT2D eigenvalue weighted by atomic mass is 10.0. The van der Waals surface area contributed by atoms with E-state index in [-0.39, 0.29) is 22.5 Å². The van der Waals surface area contributed by atoms with Crippen LogP contribution in [0.2, 0.25) is 0 Å². The zero-order chi connectivity index (χ0) is 25.9. The number of anilines is 1. The minimum Gasteiger partial charge on any atom is -0.383 e. The van der Waals surface area contributed by atoms with Gasteiger partial charge in [0.2, 0.25) is 0 Å². The van der Waals surface area contributed by atoms with Crippen LogP contribution in [0.5, 0.6) is 0 Å². The van der Waals surface area contributed by atoms with E-state index in [2.05, 4.69) is 10.1 Å². The van der Waals surface area contributed by atoms with Crippen molar-refractivity contribution in [1.82, 2.24) is 19.7 Å². The lowest BCUT2D eigenvalue weighted by Gasteiger charge is -2.26. The average molecular weight is 495 g/mol. The Morgan fingerprint density at radius 3 is 2.31 bits per heavy atom. The molecule has 0 aliphatic carbocycles. The van der Waals surface area contributed by atoms with Gasteiger partial charge in [-0.05, 0) is 18.6 Å². The first-order valence-corrected chi connectivity index (χ1v) is 10.3. The van der Waals surface area contributed by atoms with Crippen LogP contribution in [0.25, 0.3) is 21.8 Å². The maximum atomic E-state index is 14.9. The van der Waals surface area contributed by atoms with Crippen LogP contribution in [0.15, 0.2) is 42.6 Å². The summed E-state index contributed by atoms with van der Waals surface area (Å²) in [4.78, 5) is 18.5. The molecule has 184 valence electrons. The van der Waals surface area contributed by atoms with Crippen molar-refractivity contribution in [3.63, 3.8) is 0 Å². The van der Waals surface area contributed by atoms with Gasteiger partial charge in [0.05, 0.1) is 34.2 Å². The smallest absolute Gasteiger partial charge is 0.383 e. The summed E-state index contributed by atoms with van der Waals surface area (Å²) in [5.41, 5.74) is 5.49. The second kappa shape index (κ2) is 8.14. The molecule has 2 aromatic carbocycles. The SMILES string of the molecule is C[C@@H](c1ccc(C(F)(F)C(F)(F)F)cc1)N(C)C(=O)c1cc2c(cc1F)nc(N)c1cnn(C)c12. The van der Waals surface area contributed by atoms with Gasteiger partial charge in [-0.25, -0.2) is 9.37 Å². The number of rotatable bonds is 4. The number of aromatic nitrogens is 3. The molecule has 0 aliphatic rings. The first kappa shape index (κ1) is 24.3. The highest BCUT2D eigenvalue weighted by molar-refractivity contribution is 6.10. The number of nitrogens with zero attached hydrogens (tertiary/aromatic N) is 4. The number of carbonyl (C=O) groups excluding carboxylic acids is 1. The quantitative estimate of drug-likeness (QED) is 0.389. The third-order valence-electron chi connectivity index (χ3n) is 6.04. The molecule has 0 radical (unpaired) electrons. The van der Waals surface area contributed by atoms with Gasteiger partial charge in [-0.2, -0.15) is 27.1 Å². The summed E-state index contributed by atoms with van der Waals surface area (Å²) >= 11 is 0. The van der Waals surface area contributed by atoms with Crippen LogP contribution in [0.4, 0.5) is 32.2 Å². The highest BCUT2D eigenvalue weighted by Gasteiger charge is 2.58. The van der Waals surface area contributed by atoms with Gasteiger partial charge in [-0.3, -0.25) is 9.48 Å². The molecule has 12 heteroatoms. The molecule has 0 saturated heterocycles. The average Bonchev–Trinajstić information content (AvgIpc) is 3.19. The van der Waals surface area contributed by atoms with E-state index in [4.69, 9.17) is 5.73 Å². The van der Waals surface area contributed by atoms with Gasteiger partial charge in [0, 0.05) is 31.1 Å². The Kier molecular flexibility index (Phi) is 5.65. The summed E-state index contributed by atoms with van der Waals surface area (Å²) in [5, 5.41) is 5.10. The minimum absolute atomic E-state index is 0.157. The predicted molar refractivity (Wildman–Crippen MR) is 117 cm³/mol. The van der Waals surface area contributed by atoms with E-state index in [1.165, 1.54) is 30.9 Å². The molecule has 1 amide bonds. The van der Waals surface area contributed by atoms with Gasteiger partial charge in [0.1, 0.15) is 11.6 Å². The fraction of sp³-hybridized carbons (Fsp3) is 0.261. The normalized spacial score (nSPS) is 13.4. The summed E-state index contributed by atoms with van der Waals surface area (Å²) in [5.74, 6) is -6.44. The van der Waals surface area contributed by atoms with Gasteiger partial charge in [-0.15, -0.1) is 0 Å². The third kappa shape index (κ3) is 3.92. The second-order valence-electron chi connectivity index (χ2n) is 8.16. The number of nitrogens with two attached hydrogens (primary N) is 1. The number of hydrogen-bond donors (Lipinski definition) is 1. The van der Waals surface area contributed by atoms with Crippen LogP contribution in [0.1, 0.15) is 34.5 Å². The number of carbonyl (C=O) groups is 1. The number of alkyl halides is 5. The first-order valence-electron chi connectivity index (χ1n) is 10.3. The van der Waals surface area contributed by atoms with E-state index in [1.54, 1.807) is 7.05 Å². The number of nitrogen functional groups attached to an aromatic ring is 1. The van der Waals surface area contributed by atoms with E-state index in [9.17, 15) is 31.1 Å². The molecule has 35 heavy (non-hydrogen) atoms. The maximum Gasteiger partial charge on any atom is 0.458 e. The number of aryl methyl sites for hydroxylation is 1. The van der Waals surface area contributed by atoms with Crippen LogP contribution >= 0.6 is 0 Å². The number of benzene rings is 2. The number of fused-ring (bicyclic) bond motifs is 3. The summed E-state index contributed by atoms with van der Waals surface area (Å²) in [7, 11) is 3.03. The third-order valence-corrected chi connectivity index (χ3v) is 6.04. The lowest BCUT2D eigenvalue weighted by Crippen LogP contribution is -2.33. The van der Waals surface area contributed by atoms with Crippen molar-refractivity contribution in [2.45, 2.75) is 25.1 Å². The summed E-state index contributed by atoms with van der Waals surface area (Å²) in [6, 6.07) is 5.11. The number of hydrogen-bond acceptors (Lipinski definition) is 4. The number of halogens is 6. The summed E-state index contributed by atoms with van der Waals surface area (Å²) < 4.78 is 81.4. The van der Waals surface area contributed by atoms with E-state index < -0.39 is 35.4 Å². The first-order chi connectivity index (χ1) is 16.2. The van der Waals surface area contributed by atoms with Crippen LogP contribution in [-0.2, 0) is 13.0 Å². The molecule has 2 heterocycles. The second-order valence-corrected chi connectivity index (χ2v) is 8.16. The zero-order valence-corrected chi connectivity index (χ0v) is 18.7. The minimum atomic E-state index is -5.74. The van der Waals surface area contributed by atoms with E-state index in [0.29, 0.717) is 28.4 Å². The molecular weight excluding hydrogens is 476 g/mol. The standard InChI is InChI=1S/C23H19F6N5O/c1-11(12-4-6-13(7-5-12)22(25,26)23(27,28)29)33(2)21(35)14-8-15-18(9-17(14)24)32-20(30)16-10-31-34(3)19(15)16/h4-11H,1-3H3,(H2,30,32)/t11-/m0/s1. The van der Waals surface area contributed by atoms with Gasteiger partial charge in [0.15, 0.2) is 0 Å². The van der Waals surface area contributed by atoms with Crippen LogP contribution in [0.3, 0.4) is 0 Å². The largest absolute Gasteiger partial charge is 0.458 e. The van der Waals surface area contributed by atoms with Gasteiger partial charge in [-0.1, -0.05) is 24.3 Å². The molecule has 0 unspecified atom stereocenters. The summed E-state index contributed by atoms with van der Waals surface area (Å²) in [6.07, 6.45) is -4.23. The van der Waals surface area contributed by atoms with Crippen LogP contribution in [0, 0.1) is 5.82 Å². The molecule has 0 fully saturated rings. The fourth-order valence-corrected chi connectivity index (χ4v) is 3.87. The van der Waals surface area contributed by atoms with Gasteiger partial charge >= 0.3 is 12.1 Å². The lowest BCUT2D eigenvalue weighted by molar-refractivity contribution is -0.289. The molecule has 4 aromatic rings. The highest BCUT2D eigenvalue weighted by Crippen LogP contribution is 2.44. The molecule has 0 saturated carbocycles. The Labute approximate surface area is 194 Å². The Bertz CT molecular complexity index is 1450. The van der Waals surface area contributed by atoms with Crippen LogP contribution in [-0.4, -0.2) is 38.8 Å². The summed E-state index contributed by atoms with van der Waals surface area (Å²) in [6.45, 7) is 1.54. The molecule has 0 aliphatic heterocycles. The fourth-order valence-electron chi connectivity index (χ4n) is 3.87. The molecule has 2 N–H and O–H groups in total. The number of amides is 1. The monoisotopic (exact) mass is 495 g/mol. The Hall–Kier alpha value is -3.83. The zero-order valence-electron chi connectivity index (χ0n) is 18.7. The van der Waals surface area contributed by atoms with Crippen molar-refractivity contribution >= 4 is 33.5 Å². The van der Waals surface area contributed by atoms with Crippen molar-refractivity contribution in [2.75, 3.05) is 12.8 Å². The van der Waals surface area contributed by atoms with E-state index >= 15 is 0 Å². The molecule has 2 aromatic heterocycles. The van der Waals surface area contributed by atoms with E-state index in [1.807, 2.05) is 0 Å². The topological polar surface area (TPSA) is 77.0 Å². The Morgan fingerprint density at radius 2 is 1.71 bits per heavy atom. The molecule has 6 nitrogen and oxygen atoms in total. The van der Waals surface area contributed by atoms with Crippen molar-refractivity contribution in [2.24, 2.45) is 7.05 Å². The van der Waals surface area contributed by atoms with Crippen molar-refractivity contribution in [3.05, 3.63) is 65.1 Å². The highest BCUT2D eigenvalue weighted by atomic mass is 19.4. The maximum absolute atomic E-state index is 14.9. The predicted octanol–water partition coefficient (Wildman–Crippen LogP) is 5.33. The molecule has 4 rings (SSSR count). The van der Waals surface area contributed by atoms with Gasteiger partial charge in [0.25, 0.3) is 5.91 Å². The van der Waals surface area contributed by atoms with Crippen LogP contribution < -0.4 is 5.73 Å². The molecular formula is C23H19F6N5O. The van der Waals surface area contributed by atoms with E-state index in [0.717, 1.165) is 23.1 Å². The van der Waals surface area contributed by atoms with Gasteiger partial charge < -0.3 is 10.6 Å². The number of pyridine rings is 1. The van der Waals surface area contributed by atoms with Crippen molar-refractivity contribution in [1.29, 1.82) is 0 Å². The van der Waals surface area contributed by atoms with Crippen molar-refractivity contribution < 1.29 is 31.1 Å². The molecule has 1 atom stereocenters. The Morgan fingerprint density at radius 1 is 1.09 bits per heavy atom.